The zero-order valence-corrected chi connectivity index (χ0v) is 13.8. The van der Waals surface area contributed by atoms with E-state index >= 15 is 0 Å². The number of aryl methyl sites for hydroxylation is 1. The number of aromatic nitrogens is 3. The van der Waals surface area contributed by atoms with Crippen LogP contribution in [0.1, 0.15) is 19.0 Å². The lowest BCUT2D eigenvalue weighted by Gasteiger charge is -2.09. The number of nitrogens with two attached hydrogens (primary N) is 1. The number of halogens is 1. The lowest BCUT2D eigenvalue weighted by molar-refractivity contribution is 0.869. The summed E-state index contributed by atoms with van der Waals surface area (Å²) in [7, 11) is 0. The molecule has 1 aromatic carbocycles. The van der Waals surface area contributed by atoms with E-state index in [0.717, 1.165) is 38.6 Å². The van der Waals surface area contributed by atoms with Gasteiger partial charge in [0.05, 0.1) is 14.8 Å². The minimum atomic E-state index is 0.551. The fourth-order valence-electron chi connectivity index (χ4n) is 2.26. The molecule has 0 aliphatic carbocycles. The first-order chi connectivity index (χ1) is 10.2. The van der Waals surface area contributed by atoms with E-state index in [-0.39, 0.29) is 0 Å². The molecule has 0 fully saturated rings. The second-order valence-electron chi connectivity index (χ2n) is 4.85. The van der Waals surface area contributed by atoms with Gasteiger partial charge in [-0.3, -0.25) is 4.98 Å². The predicted octanol–water partition coefficient (Wildman–Crippen LogP) is 3.83. The minimum Gasteiger partial charge on any atom is -0.383 e. The van der Waals surface area contributed by atoms with Crippen LogP contribution in [-0.4, -0.2) is 15.0 Å². The molecule has 2 heterocycles. The molecule has 0 bridgehead atoms. The number of rotatable bonds is 3. The summed E-state index contributed by atoms with van der Waals surface area (Å²) < 4.78 is 0.959. The van der Waals surface area contributed by atoms with Crippen LogP contribution in [0.3, 0.4) is 0 Å². The maximum absolute atomic E-state index is 6.03. The van der Waals surface area contributed by atoms with Crippen molar-refractivity contribution < 1.29 is 0 Å². The Balaban J connectivity index is 2.13. The van der Waals surface area contributed by atoms with Gasteiger partial charge in [-0.2, -0.15) is 0 Å². The largest absolute Gasteiger partial charge is 0.383 e. The van der Waals surface area contributed by atoms with Gasteiger partial charge in [0.1, 0.15) is 5.82 Å². The maximum atomic E-state index is 6.03. The highest BCUT2D eigenvalue weighted by atomic mass is 127. The Kier molecular flexibility index (Phi) is 4.01. The molecule has 0 radical (unpaired) electrons. The Morgan fingerprint density at radius 2 is 2.05 bits per heavy atom. The molecule has 0 aliphatic heterocycles. The number of benzene rings is 1. The molecule has 2 N–H and O–H groups in total. The molecule has 5 heteroatoms. The molecule has 21 heavy (non-hydrogen) atoms. The van der Waals surface area contributed by atoms with E-state index in [2.05, 4.69) is 50.5 Å². The Morgan fingerprint density at radius 3 is 2.86 bits per heavy atom. The Hall–Kier alpha value is -1.76. The molecule has 0 saturated heterocycles. The van der Waals surface area contributed by atoms with Crippen molar-refractivity contribution in [3.05, 3.63) is 45.8 Å². The predicted molar refractivity (Wildman–Crippen MR) is 93.9 cm³/mol. The number of fused-ring (bicyclic) bond motifs is 1. The van der Waals surface area contributed by atoms with Crippen LogP contribution >= 0.6 is 22.6 Å². The Labute approximate surface area is 137 Å². The Bertz CT molecular complexity index is 801. The molecule has 0 saturated carbocycles. The average Bonchev–Trinajstić information content (AvgIpc) is 2.51. The van der Waals surface area contributed by atoms with Crippen molar-refractivity contribution in [3.8, 4) is 11.4 Å². The smallest absolute Gasteiger partial charge is 0.161 e. The van der Waals surface area contributed by atoms with Crippen molar-refractivity contribution in [1.82, 2.24) is 15.0 Å². The van der Waals surface area contributed by atoms with Crippen LogP contribution in [0.4, 0.5) is 5.82 Å². The van der Waals surface area contributed by atoms with Gasteiger partial charge < -0.3 is 5.73 Å². The molecule has 3 rings (SSSR count). The van der Waals surface area contributed by atoms with Crippen LogP contribution in [0.15, 0.2) is 36.5 Å². The van der Waals surface area contributed by atoms with Gasteiger partial charge in [-0.25, -0.2) is 9.97 Å². The second kappa shape index (κ2) is 5.93. The molecule has 0 amide bonds. The minimum absolute atomic E-state index is 0.551. The van der Waals surface area contributed by atoms with Gasteiger partial charge in [0.2, 0.25) is 0 Å². The van der Waals surface area contributed by atoms with E-state index in [1.54, 1.807) is 6.20 Å². The topological polar surface area (TPSA) is 64.7 Å². The van der Waals surface area contributed by atoms with Crippen LogP contribution in [-0.2, 0) is 6.42 Å². The summed E-state index contributed by atoms with van der Waals surface area (Å²) in [5.41, 5.74) is 8.99. The number of pyridine rings is 1. The summed E-state index contributed by atoms with van der Waals surface area (Å²) in [5, 5.41) is 1.08. The van der Waals surface area contributed by atoms with Crippen molar-refractivity contribution in [2.24, 2.45) is 0 Å². The standard InChI is InChI=1S/C16H15IN4/c1-2-4-13-14(17)15(18)21-16(20-13)11-6-7-12-10(9-11)5-3-8-19-12/h3,5-9H,2,4H2,1H3,(H2,18,20,21). The van der Waals surface area contributed by atoms with Crippen LogP contribution in [0.5, 0.6) is 0 Å². The number of nitrogens with zero attached hydrogens (tertiary/aromatic N) is 3. The molecule has 0 aliphatic rings. The fourth-order valence-corrected chi connectivity index (χ4v) is 2.77. The molecule has 4 nitrogen and oxygen atoms in total. The highest BCUT2D eigenvalue weighted by Crippen LogP contribution is 2.25. The summed E-state index contributed by atoms with van der Waals surface area (Å²) in [5.74, 6) is 1.23. The van der Waals surface area contributed by atoms with Gasteiger partial charge in [0, 0.05) is 17.1 Å². The third kappa shape index (κ3) is 2.83. The van der Waals surface area contributed by atoms with Crippen molar-refractivity contribution in [2.75, 3.05) is 5.73 Å². The summed E-state index contributed by atoms with van der Waals surface area (Å²) in [6.07, 6.45) is 3.74. The first-order valence-electron chi connectivity index (χ1n) is 6.86. The number of hydrogen-bond donors (Lipinski definition) is 1. The highest BCUT2D eigenvalue weighted by molar-refractivity contribution is 14.1. The summed E-state index contributed by atoms with van der Waals surface area (Å²) in [6.45, 7) is 2.13. The van der Waals surface area contributed by atoms with Crippen molar-refractivity contribution in [3.63, 3.8) is 0 Å². The first-order valence-corrected chi connectivity index (χ1v) is 7.94. The van der Waals surface area contributed by atoms with Crippen molar-refractivity contribution in [2.45, 2.75) is 19.8 Å². The lowest BCUT2D eigenvalue weighted by Crippen LogP contribution is -2.05. The monoisotopic (exact) mass is 390 g/mol. The van der Waals surface area contributed by atoms with Gasteiger partial charge in [-0.15, -0.1) is 0 Å². The van der Waals surface area contributed by atoms with E-state index in [0.29, 0.717) is 11.6 Å². The Morgan fingerprint density at radius 1 is 1.19 bits per heavy atom. The van der Waals surface area contributed by atoms with Crippen LogP contribution in [0.25, 0.3) is 22.3 Å². The third-order valence-electron chi connectivity index (χ3n) is 3.29. The molecule has 2 aromatic heterocycles. The van der Waals surface area contributed by atoms with Gasteiger partial charge in [-0.1, -0.05) is 19.4 Å². The molecular weight excluding hydrogens is 375 g/mol. The average molecular weight is 390 g/mol. The van der Waals surface area contributed by atoms with Gasteiger partial charge in [0.25, 0.3) is 0 Å². The molecule has 0 spiro atoms. The van der Waals surface area contributed by atoms with E-state index in [9.17, 15) is 0 Å². The van der Waals surface area contributed by atoms with Crippen molar-refractivity contribution in [1.29, 1.82) is 0 Å². The van der Waals surface area contributed by atoms with E-state index in [1.807, 2.05) is 24.3 Å². The van der Waals surface area contributed by atoms with Crippen LogP contribution < -0.4 is 5.73 Å². The number of nitrogen functional groups attached to an aromatic ring is 1. The first kappa shape index (κ1) is 14.2. The molecule has 0 unspecified atom stereocenters. The third-order valence-corrected chi connectivity index (χ3v) is 4.47. The van der Waals surface area contributed by atoms with Gasteiger partial charge in [-0.05, 0) is 53.3 Å². The van der Waals surface area contributed by atoms with Gasteiger partial charge >= 0.3 is 0 Å². The lowest BCUT2D eigenvalue weighted by atomic mass is 10.1. The normalized spacial score (nSPS) is 11.0. The molecular formula is C16H15IN4. The zero-order chi connectivity index (χ0) is 14.8. The van der Waals surface area contributed by atoms with Gasteiger partial charge in [0.15, 0.2) is 5.82 Å². The summed E-state index contributed by atoms with van der Waals surface area (Å²) >= 11 is 2.22. The zero-order valence-electron chi connectivity index (χ0n) is 11.7. The molecule has 3 aromatic rings. The maximum Gasteiger partial charge on any atom is 0.161 e. The summed E-state index contributed by atoms with van der Waals surface area (Å²) in [6, 6.07) is 10.0. The molecule has 106 valence electrons. The number of hydrogen-bond acceptors (Lipinski definition) is 4. The molecule has 0 atom stereocenters. The SMILES string of the molecule is CCCc1nc(-c2ccc3ncccc3c2)nc(N)c1I. The van der Waals surface area contributed by atoms with Crippen LogP contribution in [0, 0.1) is 3.57 Å². The van der Waals surface area contributed by atoms with E-state index in [4.69, 9.17) is 5.73 Å². The number of anilines is 1. The second-order valence-corrected chi connectivity index (χ2v) is 5.93. The highest BCUT2D eigenvalue weighted by Gasteiger charge is 2.11. The van der Waals surface area contributed by atoms with Crippen molar-refractivity contribution >= 4 is 39.3 Å². The summed E-state index contributed by atoms with van der Waals surface area (Å²) in [4.78, 5) is 13.4. The quantitative estimate of drug-likeness (QED) is 0.691. The fraction of sp³-hybridized carbons (Fsp3) is 0.188. The van der Waals surface area contributed by atoms with E-state index < -0.39 is 0 Å². The van der Waals surface area contributed by atoms with E-state index in [1.165, 1.54) is 0 Å². The van der Waals surface area contributed by atoms with Crippen LogP contribution in [0.2, 0.25) is 0 Å².